The van der Waals surface area contributed by atoms with Crippen LogP contribution in [0.3, 0.4) is 0 Å². The summed E-state index contributed by atoms with van der Waals surface area (Å²) in [5, 5.41) is 9.64. The molecule has 0 aliphatic carbocycles. The fourth-order valence-electron chi connectivity index (χ4n) is 1.77. The maximum Gasteiger partial charge on any atom is 0.257 e. The van der Waals surface area contributed by atoms with Gasteiger partial charge in [-0.3, -0.25) is 4.79 Å². The number of hydrogen-bond donors (Lipinski definition) is 1. The number of carbonyl (C=O) groups excluding carboxylic acids is 1. The Balaban J connectivity index is 2.76. The maximum atomic E-state index is 12.3. The fourth-order valence-corrected chi connectivity index (χ4v) is 1.77. The molecule has 5 nitrogen and oxygen atoms in total. The lowest BCUT2D eigenvalue weighted by Crippen LogP contribution is -2.36. The molecule has 1 aromatic carbocycles. The molecule has 1 amide bonds. The van der Waals surface area contributed by atoms with Gasteiger partial charge in [0.25, 0.3) is 5.91 Å². The van der Waals surface area contributed by atoms with E-state index in [1.54, 1.807) is 25.2 Å². The van der Waals surface area contributed by atoms with Gasteiger partial charge < -0.3 is 19.5 Å². The summed E-state index contributed by atoms with van der Waals surface area (Å²) in [6.45, 7) is 2.78. The third-order valence-corrected chi connectivity index (χ3v) is 2.61. The van der Waals surface area contributed by atoms with Gasteiger partial charge in [0.2, 0.25) is 0 Å². The predicted octanol–water partition coefficient (Wildman–Crippen LogP) is 1.16. The average Bonchev–Trinajstić information content (AvgIpc) is 2.39. The molecular weight excluding hydrogens is 246 g/mol. The minimum atomic E-state index is -0.696. The van der Waals surface area contributed by atoms with Crippen LogP contribution in [0.15, 0.2) is 24.3 Å². The molecule has 0 spiro atoms. The molecule has 106 valence electrons. The van der Waals surface area contributed by atoms with Crippen molar-refractivity contribution in [2.45, 2.75) is 13.0 Å². The van der Waals surface area contributed by atoms with Crippen LogP contribution in [0.4, 0.5) is 0 Å². The number of carbonyl (C=O) groups is 1. The van der Waals surface area contributed by atoms with Gasteiger partial charge in [-0.1, -0.05) is 12.1 Å². The Morgan fingerprint density at radius 3 is 2.74 bits per heavy atom. The number of para-hydroxylation sites is 1. The van der Waals surface area contributed by atoms with Gasteiger partial charge in [-0.25, -0.2) is 0 Å². The number of nitrogens with zero attached hydrogens (tertiary/aromatic N) is 1. The summed E-state index contributed by atoms with van der Waals surface area (Å²) in [7, 11) is 3.15. The quantitative estimate of drug-likeness (QED) is 0.805. The summed E-state index contributed by atoms with van der Waals surface area (Å²) >= 11 is 0. The average molecular weight is 267 g/mol. The molecule has 0 radical (unpaired) electrons. The molecule has 1 atom stereocenters. The van der Waals surface area contributed by atoms with Crippen molar-refractivity contribution in [3.05, 3.63) is 29.8 Å². The number of likely N-dealkylation sites (N-methyl/N-ethyl adjacent to an activating group) is 1. The summed E-state index contributed by atoms with van der Waals surface area (Å²) in [5.41, 5.74) is 0.497. The van der Waals surface area contributed by atoms with Crippen molar-refractivity contribution in [3.8, 4) is 5.75 Å². The van der Waals surface area contributed by atoms with Gasteiger partial charge >= 0.3 is 0 Å². The third kappa shape index (κ3) is 4.54. The van der Waals surface area contributed by atoms with Crippen molar-refractivity contribution < 1.29 is 19.4 Å². The van der Waals surface area contributed by atoms with E-state index in [4.69, 9.17) is 9.47 Å². The van der Waals surface area contributed by atoms with E-state index in [-0.39, 0.29) is 19.1 Å². The van der Waals surface area contributed by atoms with E-state index in [9.17, 15) is 9.90 Å². The highest BCUT2D eigenvalue weighted by Gasteiger charge is 2.18. The summed E-state index contributed by atoms with van der Waals surface area (Å²) in [5.74, 6) is 0.377. The zero-order chi connectivity index (χ0) is 14.3. The highest BCUT2D eigenvalue weighted by molar-refractivity contribution is 5.96. The van der Waals surface area contributed by atoms with Crippen LogP contribution in [-0.2, 0) is 4.74 Å². The smallest absolute Gasteiger partial charge is 0.257 e. The molecule has 0 bridgehead atoms. The van der Waals surface area contributed by atoms with Crippen LogP contribution < -0.4 is 4.74 Å². The molecule has 0 heterocycles. The lowest BCUT2D eigenvalue weighted by molar-refractivity contribution is 0.0378. The van der Waals surface area contributed by atoms with Gasteiger partial charge in [-0.05, 0) is 19.1 Å². The lowest BCUT2D eigenvalue weighted by Gasteiger charge is -2.21. The van der Waals surface area contributed by atoms with E-state index >= 15 is 0 Å². The Kier molecular flexibility index (Phi) is 6.32. The van der Waals surface area contributed by atoms with Gasteiger partial charge in [-0.2, -0.15) is 0 Å². The minimum Gasteiger partial charge on any atom is -0.493 e. The van der Waals surface area contributed by atoms with Crippen molar-refractivity contribution >= 4 is 5.91 Å². The SMILES string of the molecule is CCOc1ccccc1C(=O)N(C)CC(O)COC. The third-order valence-electron chi connectivity index (χ3n) is 2.61. The predicted molar refractivity (Wildman–Crippen MR) is 72.5 cm³/mol. The number of benzene rings is 1. The molecule has 1 N–H and O–H groups in total. The topological polar surface area (TPSA) is 59.0 Å². The van der Waals surface area contributed by atoms with Gasteiger partial charge in [0.05, 0.1) is 24.9 Å². The second kappa shape index (κ2) is 7.76. The second-order valence-corrected chi connectivity index (χ2v) is 4.22. The maximum absolute atomic E-state index is 12.3. The molecule has 1 unspecified atom stereocenters. The van der Waals surface area contributed by atoms with Gasteiger partial charge in [0.1, 0.15) is 5.75 Å². The van der Waals surface area contributed by atoms with Crippen LogP contribution in [0, 0.1) is 0 Å². The molecule has 0 fully saturated rings. The highest BCUT2D eigenvalue weighted by Crippen LogP contribution is 2.19. The molecule has 0 aromatic heterocycles. The Hall–Kier alpha value is -1.59. The first kappa shape index (κ1) is 15.5. The number of hydrogen-bond acceptors (Lipinski definition) is 4. The number of amides is 1. The Morgan fingerprint density at radius 2 is 2.11 bits per heavy atom. The first-order chi connectivity index (χ1) is 9.10. The molecule has 0 saturated carbocycles. The Morgan fingerprint density at radius 1 is 1.42 bits per heavy atom. The molecule has 1 rings (SSSR count). The normalized spacial score (nSPS) is 12.0. The van der Waals surface area contributed by atoms with Crippen LogP contribution in [0.5, 0.6) is 5.75 Å². The molecule has 0 aliphatic heterocycles. The summed E-state index contributed by atoms with van der Waals surface area (Å²) in [4.78, 5) is 13.7. The van der Waals surface area contributed by atoms with Crippen molar-refractivity contribution in [1.29, 1.82) is 0 Å². The summed E-state index contributed by atoms with van der Waals surface area (Å²) in [6, 6.07) is 7.08. The number of ether oxygens (including phenoxy) is 2. The summed E-state index contributed by atoms with van der Waals surface area (Å²) in [6.07, 6.45) is -0.696. The van der Waals surface area contributed by atoms with E-state index < -0.39 is 6.10 Å². The Bertz CT molecular complexity index is 408. The van der Waals surface area contributed by atoms with Crippen LogP contribution in [0.2, 0.25) is 0 Å². The molecule has 0 aliphatic rings. The number of aliphatic hydroxyl groups is 1. The molecule has 5 heteroatoms. The highest BCUT2D eigenvalue weighted by atomic mass is 16.5. The zero-order valence-corrected chi connectivity index (χ0v) is 11.6. The summed E-state index contributed by atoms with van der Waals surface area (Å²) < 4.78 is 10.3. The van der Waals surface area contributed by atoms with E-state index in [0.29, 0.717) is 17.9 Å². The van der Waals surface area contributed by atoms with Crippen LogP contribution >= 0.6 is 0 Å². The molecule has 0 saturated heterocycles. The largest absolute Gasteiger partial charge is 0.493 e. The molecule has 19 heavy (non-hydrogen) atoms. The number of methoxy groups -OCH3 is 1. The second-order valence-electron chi connectivity index (χ2n) is 4.22. The van der Waals surface area contributed by atoms with Crippen molar-refractivity contribution in [3.63, 3.8) is 0 Å². The standard InChI is InChI=1S/C14H21NO4/c1-4-19-13-8-6-5-7-12(13)14(17)15(2)9-11(16)10-18-3/h5-8,11,16H,4,9-10H2,1-3H3. The van der Waals surface area contributed by atoms with Gasteiger partial charge in [-0.15, -0.1) is 0 Å². The van der Waals surface area contributed by atoms with Crippen molar-refractivity contribution in [2.75, 3.05) is 33.9 Å². The molecule has 1 aromatic rings. The van der Waals surface area contributed by atoms with Crippen molar-refractivity contribution in [2.24, 2.45) is 0 Å². The monoisotopic (exact) mass is 267 g/mol. The van der Waals surface area contributed by atoms with Crippen molar-refractivity contribution in [1.82, 2.24) is 4.90 Å². The van der Waals surface area contributed by atoms with Gasteiger partial charge in [0.15, 0.2) is 0 Å². The number of rotatable bonds is 7. The number of aliphatic hydroxyl groups excluding tert-OH is 1. The van der Waals surface area contributed by atoms with Crippen LogP contribution in [0.1, 0.15) is 17.3 Å². The van der Waals surface area contributed by atoms with Crippen LogP contribution in [0.25, 0.3) is 0 Å². The fraction of sp³-hybridized carbons (Fsp3) is 0.500. The minimum absolute atomic E-state index is 0.181. The van der Waals surface area contributed by atoms with E-state index in [2.05, 4.69) is 0 Å². The zero-order valence-electron chi connectivity index (χ0n) is 11.6. The van der Waals surface area contributed by atoms with E-state index in [1.807, 2.05) is 13.0 Å². The first-order valence-electron chi connectivity index (χ1n) is 6.24. The van der Waals surface area contributed by atoms with Gasteiger partial charge in [0, 0.05) is 20.7 Å². The van der Waals surface area contributed by atoms with E-state index in [0.717, 1.165) is 0 Å². The Labute approximate surface area is 113 Å². The lowest BCUT2D eigenvalue weighted by atomic mass is 10.1. The molecular formula is C14H21NO4. The first-order valence-corrected chi connectivity index (χ1v) is 6.24. The van der Waals surface area contributed by atoms with E-state index in [1.165, 1.54) is 12.0 Å². The van der Waals surface area contributed by atoms with Crippen LogP contribution in [-0.4, -0.2) is 55.9 Å².